The van der Waals surface area contributed by atoms with Crippen LogP contribution >= 0.6 is 11.6 Å². The summed E-state index contributed by atoms with van der Waals surface area (Å²) in [5.41, 5.74) is -1.08. The summed E-state index contributed by atoms with van der Waals surface area (Å²) in [7, 11) is 1.67. The van der Waals surface area contributed by atoms with Crippen LogP contribution in [0.2, 0.25) is 5.02 Å². The van der Waals surface area contributed by atoms with Crippen molar-refractivity contribution in [1.29, 1.82) is 5.41 Å². The van der Waals surface area contributed by atoms with Gasteiger partial charge in [0, 0.05) is 70.7 Å². The Morgan fingerprint density at radius 2 is 2.00 bits per heavy atom. The molecule has 1 saturated heterocycles. The monoisotopic (exact) mass is 495 g/mol. The Bertz CT molecular complexity index is 1150. The molecule has 2 aromatic heterocycles. The molecule has 8 nitrogen and oxygen atoms in total. The van der Waals surface area contributed by atoms with Crippen LogP contribution in [0.25, 0.3) is 11.4 Å². The smallest absolute Gasteiger partial charge is 0.268 e. The standard InChI is InChI=1S/C22H25ClF3N7O/c1-13-29-19(31-34-13)14-10-16(23)18(28-11-14)22(26)6-8-33(9-7-22)20(27)30-17-5-4-15(12-32(17)3)21(2,24)25/h4-5,10-11H,6-9,12H2,1-3H3,(H2,27,30). The number of halogens is 4. The van der Waals surface area contributed by atoms with Crippen LogP contribution in [0.3, 0.4) is 0 Å². The summed E-state index contributed by atoms with van der Waals surface area (Å²) in [4.78, 5) is 11.7. The van der Waals surface area contributed by atoms with Crippen LogP contribution in [0.1, 0.15) is 31.4 Å². The molecule has 0 aliphatic carbocycles. The summed E-state index contributed by atoms with van der Waals surface area (Å²) < 4.78 is 47.9. The Hall–Kier alpha value is -3.08. The molecule has 0 aromatic carbocycles. The number of alkyl halides is 3. The highest BCUT2D eigenvalue weighted by Gasteiger charge is 2.40. The van der Waals surface area contributed by atoms with Gasteiger partial charge in [0.15, 0.2) is 11.6 Å². The minimum atomic E-state index is -2.90. The minimum Gasteiger partial charge on any atom is -0.357 e. The number of guanidine groups is 1. The van der Waals surface area contributed by atoms with Crippen molar-refractivity contribution in [2.75, 3.05) is 26.7 Å². The van der Waals surface area contributed by atoms with Crippen LogP contribution in [-0.4, -0.2) is 63.5 Å². The number of aryl methyl sites for hydroxylation is 1. The Morgan fingerprint density at radius 3 is 2.56 bits per heavy atom. The maximum Gasteiger partial charge on any atom is 0.268 e. The molecule has 0 spiro atoms. The van der Waals surface area contributed by atoms with Crippen molar-refractivity contribution in [2.45, 2.75) is 38.3 Å². The van der Waals surface area contributed by atoms with Gasteiger partial charge in [-0.15, -0.1) is 0 Å². The van der Waals surface area contributed by atoms with Gasteiger partial charge in [0.25, 0.3) is 5.92 Å². The van der Waals surface area contributed by atoms with Gasteiger partial charge in [0.05, 0.1) is 10.7 Å². The van der Waals surface area contributed by atoms with E-state index in [1.807, 2.05) is 0 Å². The molecule has 182 valence electrons. The van der Waals surface area contributed by atoms with Crippen molar-refractivity contribution in [3.8, 4) is 11.4 Å². The average Bonchev–Trinajstić information content (AvgIpc) is 3.21. The van der Waals surface area contributed by atoms with Crippen LogP contribution in [0.4, 0.5) is 13.2 Å². The van der Waals surface area contributed by atoms with Crippen molar-refractivity contribution in [3.05, 3.63) is 52.4 Å². The van der Waals surface area contributed by atoms with Crippen molar-refractivity contribution in [1.82, 2.24) is 30.2 Å². The molecule has 0 saturated carbocycles. The second-order valence-electron chi connectivity index (χ2n) is 8.61. The molecule has 2 aliphatic rings. The Morgan fingerprint density at radius 1 is 1.29 bits per heavy atom. The highest BCUT2D eigenvalue weighted by molar-refractivity contribution is 6.31. The van der Waals surface area contributed by atoms with Gasteiger partial charge in [-0.1, -0.05) is 22.8 Å². The van der Waals surface area contributed by atoms with E-state index in [1.54, 1.807) is 29.8 Å². The third kappa shape index (κ3) is 4.89. The maximum atomic E-state index is 15.8. The molecule has 2 aromatic rings. The lowest BCUT2D eigenvalue weighted by Crippen LogP contribution is -2.49. The van der Waals surface area contributed by atoms with Gasteiger partial charge in [0.1, 0.15) is 5.82 Å². The third-order valence-electron chi connectivity index (χ3n) is 6.00. The summed E-state index contributed by atoms with van der Waals surface area (Å²) in [5.74, 6) is -1.59. The zero-order valence-electron chi connectivity index (χ0n) is 19.0. The fourth-order valence-corrected chi connectivity index (χ4v) is 4.29. The quantitative estimate of drug-likeness (QED) is 0.484. The summed E-state index contributed by atoms with van der Waals surface area (Å²) in [6.07, 6.45) is 4.53. The first kappa shape index (κ1) is 24.1. The maximum absolute atomic E-state index is 15.8. The molecule has 34 heavy (non-hydrogen) atoms. The van der Waals surface area contributed by atoms with E-state index in [1.165, 1.54) is 18.3 Å². The molecule has 0 bridgehead atoms. The first-order valence-corrected chi connectivity index (χ1v) is 11.1. The predicted molar refractivity (Wildman–Crippen MR) is 121 cm³/mol. The van der Waals surface area contributed by atoms with Crippen molar-refractivity contribution >= 4 is 17.6 Å². The van der Waals surface area contributed by atoms with Crippen LogP contribution in [-0.2, 0) is 5.67 Å². The van der Waals surface area contributed by atoms with Gasteiger partial charge in [-0.25, -0.2) is 13.2 Å². The topological polar surface area (TPSA) is 94.2 Å². The predicted octanol–water partition coefficient (Wildman–Crippen LogP) is 4.25. The highest BCUT2D eigenvalue weighted by Crippen LogP contribution is 2.40. The Kier molecular flexibility index (Phi) is 6.32. The van der Waals surface area contributed by atoms with Crippen LogP contribution in [0.5, 0.6) is 0 Å². The number of rotatable bonds is 4. The summed E-state index contributed by atoms with van der Waals surface area (Å²) in [5, 5.41) is 15.3. The molecule has 0 atom stereocenters. The third-order valence-corrected chi connectivity index (χ3v) is 6.28. The molecular formula is C22H25ClF3N7O. The van der Waals surface area contributed by atoms with E-state index >= 15 is 4.39 Å². The lowest BCUT2D eigenvalue weighted by atomic mass is 9.89. The normalized spacial score (nSPS) is 18.4. The molecule has 2 N–H and O–H groups in total. The Labute approximate surface area is 200 Å². The van der Waals surface area contributed by atoms with Crippen molar-refractivity contribution < 1.29 is 17.7 Å². The number of hydrogen-bond donors (Lipinski definition) is 2. The molecule has 1 fully saturated rings. The van der Waals surface area contributed by atoms with Crippen molar-refractivity contribution in [3.63, 3.8) is 0 Å². The minimum absolute atomic E-state index is 0.00266. The van der Waals surface area contributed by atoms with Gasteiger partial charge in [-0.3, -0.25) is 10.4 Å². The Balaban J connectivity index is 1.40. The van der Waals surface area contributed by atoms with Gasteiger partial charge in [-0.2, -0.15) is 4.98 Å². The number of allylic oxidation sites excluding steroid dienone is 2. The fourth-order valence-electron chi connectivity index (χ4n) is 3.95. The van der Waals surface area contributed by atoms with E-state index in [9.17, 15) is 8.78 Å². The number of likely N-dealkylation sites (N-methyl/N-ethyl adjacent to an activating group) is 1. The van der Waals surface area contributed by atoms with Gasteiger partial charge in [0.2, 0.25) is 11.7 Å². The number of hydrogen-bond acceptors (Lipinski definition) is 6. The number of likely N-dealkylation sites (tertiary alicyclic amines) is 1. The SMILES string of the molecule is Cc1nc(-c2cnc(C3(F)CCN(C(=N)NC4=CC=C(C(C)(F)F)CN4C)CC3)c(Cl)c2)no1. The summed E-state index contributed by atoms with van der Waals surface area (Å²) in [6, 6.07) is 1.57. The van der Waals surface area contributed by atoms with Crippen LogP contribution < -0.4 is 5.32 Å². The first-order valence-electron chi connectivity index (χ1n) is 10.7. The zero-order chi connectivity index (χ0) is 24.7. The van der Waals surface area contributed by atoms with Crippen molar-refractivity contribution in [2.24, 2.45) is 0 Å². The van der Waals surface area contributed by atoms with Crippen LogP contribution in [0.15, 0.2) is 40.3 Å². The fraction of sp³-hybridized carbons (Fsp3) is 0.455. The average molecular weight is 496 g/mol. The zero-order valence-corrected chi connectivity index (χ0v) is 19.8. The largest absolute Gasteiger partial charge is 0.357 e. The molecule has 12 heteroatoms. The van der Waals surface area contributed by atoms with E-state index in [4.69, 9.17) is 21.5 Å². The van der Waals surface area contributed by atoms with E-state index in [-0.39, 0.29) is 54.7 Å². The highest BCUT2D eigenvalue weighted by atomic mass is 35.5. The number of pyridine rings is 1. The molecule has 0 radical (unpaired) electrons. The lowest BCUT2D eigenvalue weighted by molar-refractivity contribution is 0.0561. The van der Waals surface area contributed by atoms with Gasteiger partial charge >= 0.3 is 0 Å². The summed E-state index contributed by atoms with van der Waals surface area (Å²) >= 11 is 6.37. The number of aromatic nitrogens is 3. The molecule has 0 amide bonds. The second kappa shape index (κ2) is 8.94. The second-order valence-corrected chi connectivity index (χ2v) is 9.01. The van der Waals surface area contributed by atoms with E-state index in [0.29, 0.717) is 23.1 Å². The lowest BCUT2D eigenvalue weighted by Gasteiger charge is -2.38. The van der Waals surface area contributed by atoms with E-state index in [0.717, 1.165) is 6.92 Å². The van der Waals surface area contributed by atoms with Gasteiger partial charge in [-0.05, 0) is 12.1 Å². The summed E-state index contributed by atoms with van der Waals surface area (Å²) in [6.45, 7) is 3.09. The molecule has 2 aliphatic heterocycles. The first-order chi connectivity index (χ1) is 16.0. The number of nitrogens with one attached hydrogen (secondary N) is 2. The number of nitrogens with zero attached hydrogens (tertiary/aromatic N) is 5. The molecule has 0 unspecified atom stereocenters. The molecule has 4 rings (SSSR count). The van der Waals surface area contributed by atoms with E-state index in [2.05, 4.69) is 20.4 Å². The molecule has 4 heterocycles. The van der Waals surface area contributed by atoms with E-state index < -0.39 is 11.6 Å². The molecular weight excluding hydrogens is 471 g/mol. The van der Waals surface area contributed by atoms with Gasteiger partial charge < -0.3 is 19.6 Å². The number of piperidine rings is 1. The van der Waals surface area contributed by atoms with Crippen LogP contribution in [0, 0.1) is 12.3 Å².